The highest BCUT2D eigenvalue weighted by atomic mass is 16.5. The predicted molar refractivity (Wildman–Crippen MR) is 125 cm³/mol. The van der Waals surface area contributed by atoms with E-state index in [0.717, 1.165) is 36.5 Å². The zero-order valence-electron chi connectivity index (χ0n) is 20.5. The molecule has 2 aliphatic heterocycles. The number of aliphatic hydroxyl groups excluding tert-OH is 2. The summed E-state index contributed by atoms with van der Waals surface area (Å²) in [5.41, 5.74) is 1.73. The van der Waals surface area contributed by atoms with E-state index in [0.29, 0.717) is 32.7 Å². The van der Waals surface area contributed by atoms with Crippen LogP contribution in [0.25, 0.3) is 0 Å². The molecule has 1 saturated heterocycles. The lowest BCUT2D eigenvalue weighted by atomic mass is 10.1. The Hall–Kier alpha value is -2.28. The van der Waals surface area contributed by atoms with Gasteiger partial charge in [-0.05, 0) is 31.5 Å². The van der Waals surface area contributed by atoms with Crippen LogP contribution >= 0.6 is 0 Å². The van der Waals surface area contributed by atoms with Gasteiger partial charge in [0.2, 0.25) is 0 Å². The van der Waals surface area contributed by atoms with Gasteiger partial charge in [-0.1, -0.05) is 6.07 Å². The number of aliphatic hydroxyl groups is 2. The molecule has 0 saturated carbocycles. The summed E-state index contributed by atoms with van der Waals surface area (Å²) in [6.07, 6.45) is -1.22. The summed E-state index contributed by atoms with van der Waals surface area (Å²) < 4.78 is 6.43. The highest BCUT2D eigenvalue weighted by molar-refractivity contribution is 5.71. The average Bonchev–Trinajstić information content (AvgIpc) is 2.87. The second-order valence-corrected chi connectivity index (χ2v) is 9.65. The second-order valence-electron chi connectivity index (χ2n) is 9.65. The molecule has 3 N–H and O–H groups in total. The third-order valence-corrected chi connectivity index (χ3v) is 6.18. The Morgan fingerprint density at radius 1 is 1.11 bits per heavy atom. The number of carbonyl (C=O) groups is 2. The predicted octanol–water partition coefficient (Wildman–Crippen LogP) is -1.78. The molecule has 0 amide bonds. The number of carboxylic acids is 2. The van der Waals surface area contributed by atoms with Crippen molar-refractivity contribution in [2.75, 3.05) is 58.9 Å². The van der Waals surface area contributed by atoms with Gasteiger partial charge < -0.3 is 30.0 Å². The summed E-state index contributed by atoms with van der Waals surface area (Å²) in [6, 6.07) is 5.61. The number of hydrogen-bond donors (Lipinski definition) is 3. The Labute approximate surface area is 206 Å². The van der Waals surface area contributed by atoms with Gasteiger partial charge in [0.15, 0.2) is 6.23 Å². The molecule has 1 fully saturated rings. The molecule has 11 heteroatoms. The molecule has 0 radical (unpaired) electrons. The SMILES string of the molecule is C[C@H](O)CN1CCN2Cc3cc(CN(CC(=O)[O-])CC(=O)O)ccc3OC(C2)N(C[C@H](C)O)CC1. The first-order chi connectivity index (χ1) is 16.6. The Morgan fingerprint density at radius 3 is 2.49 bits per heavy atom. The van der Waals surface area contributed by atoms with E-state index in [9.17, 15) is 24.9 Å². The van der Waals surface area contributed by atoms with Crippen molar-refractivity contribution in [3.63, 3.8) is 0 Å². The molecule has 0 aliphatic carbocycles. The number of nitrogens with zero attached hydrogens (tertiary/aromatic N) is 4. The molecular weight excluding hydrogens is 456 g/mol. The highest BCUT2D eigenvalue weighted by Crippen LogP contribution is 2.28. The first-order valence-corrected chi connectivity index (χ1v) is 12.1. The first-order valence-electron chi connectivity index (χ1n) is 12.1. The number of ether oxygens (including phenoxy) is 1. The van der Waals surface area contributed by atoms with Gasteiger partial charge in [-0.15, -0.1) is 0 Å². The second kappa shape index (κ2) is 12.6. The summed E-state index contributed by atoms with van der Waals surface area (Å²) in [5, 5.41) is 40.2. The summed E-state index contributed by atoms with van der Waals surface area (Å²) in [5.74, 6) is -1.71. The first kappa shape index (κ1) is 27.3. The van der Waals surface area contributed by atoms with E-state index >= 15 is 0 Å². The lowest BCUT2D eigenvalue weighted by molar-refractivity contribution is -0.306. The average molecular weight is 494 g/mol. The Morgan fingerprint density at radius 2 is 1.83 bits per heavy atom. The Bertz CT molecular complexity index is 850. The van der Waals surface area contributed by atoms with Crippen LogP contribution in [-0.2, 0) is 22.7 Å². The summed E-state index contributed by atoms with van der Waals surface area (Å²) in [4.78, 5) is 30.2. The molecule has 0 aromatic heterocycles. The van der Waals surface area contributed by atoms with Crippen molar-refractivity contribution in [3.8, 4) is 5.75 Å². The minimum atomic E-state index is -1.33. The van der Waals surface area contributed by atoms with Crippen molar-refractivity contribution in [2.45, 2.75) is 45.4 Å². The van der Waals surface area contributed by atoms with Crippen LogP contribution in [0.15, 0.2) is 18.2 Å². The summed E-state index contributed by atoms with van der Waals surface area (Å²) in [7, 11) is 0. The molecule has 0 spiro atoms. The lowest BCUT2D eigenvalue weighted by Crippen LogP contribution is -2.49. The monoisotopic (exact) mass is 493 g/mol. The number of hydrogen-bond acceptors (Lipinski definition) is 10. The number of fused-ring (bicyclic) bond motifs is 3. The van der Waals surface area contributed by atoms with Gasteiger partial charge in [0.25, 0.3) is 0 Å². The molecule has 2 heterocycles. The zero-order valence-corrected chi connectivity index (χ0v) is 20.5. The quantitative estimate of drug-likeness (QED) is 0.341. The van der Waals surface area contributed by atoms with Crippen molar-refractivity contribution in [1.29, 1.82) is 0 Å². The number of β-amino-alcohol motifs (C(OH)–C–C–N with tert-alkyl or cyclic N) is 2. The van der Waals surface area contributed by atoms with Gasteiger partial charge in [-0.3, -0.25) is 24.4 Å². The molecule has 2 aliphatic rings. The molecule has 35 heavy (non-hydrogen) atoms. The van der Waals surface area contributed by atoms with Crippen molar-refractivity contribution >= 4 is 11.9 Å². The topological polar surface area (TPSA) is 140 Å². The number of aliphatic carboxylic acids is 2. The molecule has 3 rings (SSSR count). The molecule has 4 atom stereocenters. The van der Waals surface area contributed by atoms with Gasteiger partial charge in [-0.2, -0.15) is 0 Å². The van der Waals surface area contributed by atoms with Crippen molar-refractivity contribution in [1.82, 2.24) is 19.6 Å². The maximum Gasteiger partial charge on any atom is 0.317 e. The minimum absolute atomic E-state index is 0.160. The van der Waals surface area contributed by atoms with Crippen molar-refractivity contribution in [2.24, 2.45) is 0 Å². The number of benzene rings is 1. The Balaban J connectivity index is 1.83. The van der Waals surface area contributed by atoms with E-state index < -0.39 is 37.2 Å². The largest absolute Gasteiger partial charge is 0.549 e. The van der Waals surface area contributed by atoms with E-state index in [2.05, 4.69) is 14.7 Å². The minimum Gasteiger partial charge on any atom is -0.549 e. The van der Waals surface area contributed by atoms with E-state index in [1.54, 1.807) is 13.8 Å². The molecule has 196 valence electrons. The Kier molecular flexibility index (Phi) is 9.84. The van der Waals surface area contributed by atoms with Crippen LogP contribution in [0.3, 0.4) is 0 Å². The molecule has 2 unspecified atom stereocenters. The lowest BCUT2D eigenvalue weighted by Gasteiger charge is -2.33. The van der Waals surface area contributed by atoms with E-state index in [4.69, 9.17) is 9.84 Å². The molecule has 11 nitrogen and oxygen atoms in total. The zero-order chi connectivity index (χ0) is 25.5. The maximum absolute atomic E-state index is 11.2. The van der Waals surface area contributed by atoms with E-state index in [-0.39, 0.29) is 12.8 Å². The fourth-order valence-electron chi connectivity index (χ4n) is 4.75. The normalized spacial score (nSPS) is 23.2. The standard InChI is InChI=1S/C24H38N4O7/c1-17(29)10-25-5-6-26-13-20-9-19(12-27(15-23(31)32)16-24(33)34)3-4-21(20)35-22(14-26)28(8-7-25)11-18(2)30/h3-4,9,17-18,22,29-30H,5-8,10-16H2,1-2H3,(H,31,32)(H,33,34)/p-1/t17-,18-,22?/m0/s1. The highest BCUT2D eigenvalue weighted by Gasteiger charge is 2.30. The number of carbonyl (C=O) groups excluding carboxylic acids is 1. The third kappa shape index (κ3) is 8.71. The summed E-state index contributed by atoms with van der Waals surface area (Å²) in [6.45, 7) is 8.12. The van der Waals surface area contributed by atoms with Crippen LogP contribution in [0.2, 0.25) is 0 Å². The maximum atomic E-state index is 11.2. The van der Waals surface area contributed by atoms with E-state index in [1.165, 1.54) is 4.90 Å². The molecule has 1 aromatic carbocycles. The van der Waals surface area contributed by atoms with Gasteiger partial charge in [-0.25, -0.2) is 0 Å². The molecular formula is C24H37N4O7-. The van der Waals surface area contributed by atoms with Crippen LogP contribution in [0.5, 0.6) is 5.75 Å². The molecule has 2 bridgehead atoms. The van der Waals surface area contributed by atoms with Crippen molar-refractivity contribution in [3.05, 3.63) is 29.3 Å². The van der Waals surface area contributed by atoms with E-state index in [1.807, 2.05) is 18.2 Å². The van der Waals surface area contributed by atoms with Crippen LogP contribution in [0.1, 0.15) is 25.0 Å². The number of rotatable bonds is 10. The third-order valence-electron chi connectivity index (χ3n) is 6.18. The van der Waals surface area contributed by atoms with Gasteiger partial charge in [0, 0.05) is 71.0 Å². The smallest absolute Gasteiger partial charge is 0.317 e. The van der Waals surface area contributed by atoms with Crippen LogP contribution in [0, 0.1) is 0 Å². The number of carboxylic acid groups (broad SMARTS) is 2. The van der Waals surface area contributed by atoms with Crippen LogP contribution in [-0.4, -0.2) is 124 Å². The molecule has 1 aromatic rings. The van der Waals surface area contributed by atoms with Gasteiger partial charge in [0.1, 0.15) is 5.75 Å². The van der Waals surface area contributed by atoms with Gasteiger partial charge >= 0.3 is 5.97 Å². The fraction of sp³-hybridized carbons (Fsp3) is 0.667. The van der Waals surface area contributed by atoms with Crippen LogP contribution in [0.4, 0.5) is 0 Å². The van der Waals surface area contributed by atoms with Crippen molar-refractivity contribution < 1.29 is 34.8 Å². The van der Waals surface area contributed by atoms with Crippen LogP contribution < -0.4 is 9.84 Å². The fourth-order valence-corrected chi connectivity index (χ4v) is 4.75. The van der Waals surface area contributed by atoms with Gasteiger partial charge in [0.05, 0.1) is 24.7 Å². The summed E-state index contributed by atoms with van der Waals surface area (Å²) >= 11 is 0.